The molecule has 22 heavy (non-hydrogen) atoms. The second kappa shape index (κ2) is 6.05. The predicted molar refractivity (Wildman–Crippen MR) is 71.8 cm³/mol. The molecule has 7 heteroatoms. The highest BCUT2D eigenvalue weighted by atomic mass is 19.4. The van der Waals surface area contributed by atoms with Crippen molar-refractivity contribution in [3.8, 4) is 11.6 Å². The van der Waals surface area contributed by atoms with E-state index in [2.05, 4.69) is 9.72 Å². The fourth-order valence-corrected chi connectivity index (χ4v) is 1.73. The van der Waals surface area contributed by atoms with Crippen LogP contribution in [0.4, 0.5) is 13.2 Å². The van der Waals surface area contributed by atoms with Crippen LogP contribution in [-0.4, -0.2) is 18.1 Å². The Kier molecular flexibility index (Phi) is 4.35. The van der Waals surface area contributed by atoms with E-state index in [0.29, 0.717) is 23.1 Å². The normalized spacial score (nSPS) is 11.1. The van der Waals surface area contributed by atoms with Gasteiger partial charge in [0.2, 0.25) is 5.88 Å². The van der Waals surface area contributed by atoms with E-state index in [-0.39, 0.29) is 5.88 Å². The maximum absolute atomic E-state index is 12.4. The highest BCUT2D eigenvalue weighted by Gasteiger charge is 2.30. The van der Waals surface area contributed by atoms with Gasteiger partial charge in [-0.2, -0.15) is 13.2 Å². The largest absolute Gasteiger partial charge is 0.465 e. The number of esters is 1. The van der Waals surface area contributed by atoms with Crippen molar-refractivity contribution < 1.29 is 27.4 Å². The summed E-state index contributed by atoms with van der Waals surface area (Å²) in [5, 5.41) is 0. The van der Waals surface area contributed by atoms with Crippen molar-refractivity contribution in [1.82, 2.24) is 4.98 Å². The first-order chi connectivity index (χ1) is 10.3. The first kappa shape index (κ1) is 15.8. The van der Waals surface area contributed by atoms with Crippen molar-refractivity contribution in [2.24, 2.45) is 0 Å². The molecule has 0 saturated carbocycles. The maximum atomic E-state index is 12.4. The Balaban J connectivity index is 2.19. The standard InChI is InChI=1S/C15H12F3NO3/c1-9-7-10(14(20)21-2)3-5-12(9)22-13-6-4-11(8-19-13)15(16,17)18/h3-8H,1-2H3. The summed E-state index contributed by atoms with van der Waals surface area (Å²) in [7, 11) is 1.27. The van der Waals surface area contributed by atoms with E-state index in [9.17, 15) is 18.0 Å². The first-order valence-corrected chi connectivity index (χ1v) is 6.21. The summed E-state index contributed by atoms with van der Waals surface area (Å²) < 4.78 is 47.3. The van der Waals surface area contributed by atoms with Crippen LogP contribution in [0, 0.1) is 6.92 Å². The average Bonchev–Trinajstić information content (AvgIpc) is 2.48. The molecule has 0 aliphatic rings. The van der Waals surface area contributed by atoms with Gasteiger partial charge in [0.05, 0.1) is 18.2 Å². The van der Waals surface area contributed by atoms with E-state index in [1.165, 1.54) is 19.2 Å². The van der Waals surface area contributed by atoms with Crippen LogP contribution in [0.1, 0.15) is 21.5 Å². The zero-order valence-electron chi connectivity index (χ0n) is 11.8. The minimum Gasteiger partial charge on any atom is -0.465 e. The van der Waals surface area contributed by atoms with Crippen molar-refractivity contribution in [3.63, 3.8) is 0 Å². The van der Waals surface area contributed by atoms with E-state index in [1.54, 1.807) is 13.0 Å². The minimum atomic E-state index is -4.44. The van der Waals surface area contributed by atoms with Gasteiger partial charge < -0.3 is 9.47 Å². The van der Waals surface area contributed by atoms with Crippen LogP contribution in [0.25, 0.3) is 0 Å². The Labute approximate surface area is 124 Å². The number of aryl methyl sites for hydroxylation is 1. The quantitative estimate of drug-likeness (QED) is 0.804. The van der Waals surface area contributed by atoms with Crippen molar-refractivity contribution >= 4 is 5.97 Å². The van der Waals surface area contributed by atoms with Crippen LogP contribution < -0.4 is 4.74 Å². The number of ether oxygens (including phenoxy) is 2. The lowest BCUT2D eigenvalue weighted by Crippen LogP contribution is -2.05. The van der Waals surface area contributed by atoms with Crippen molar-refractivity contribution in [1.29, 1.82) is 0 Å². The molecule has 2 rings (SSSR count). The SMILES string of the molecule is COC(=O)c1ccc(Oc2ccc(C(F)(F)F)cn2)c(C)c1. The van der Waals surface area contributed by atoms with Gasteiger partial charge in [-0.3, -0.25) is 0 Å². The molecular weight excluding hydrogens is 299 g/mol. The number of nitrogens with zero attached hydrogens (tertiary/aromatic N) is 1. The number of carbonyl (C=O) groups excluding carboxylic acids is 1. The molecule has 0 fully saturated rings. The smallest absolute Gasteiger partial charge is 0.417 e. The van der Waals surface area contributed by atoms with Crippen LogP contribution in [0.3, 0.4) is 0 Å². The Bertz CT molecular complexity index is 681. The Morgan fingerprint density at radius 1 is 1.18 bits per heavy atom. The van der Waals surface area contributed by atoms with E-state index < -0.39 is 17.7 Å². The summed E-state index contributed by atoms with van der Waals surface area (Å²) >= 11 is 0. The Morgan fingerprint density at radius 2 is 1.91 bits per heavy atom. The fourth-order valence-electron chi connectivity index (χ4n) is 1.73. The van der Waals surface area contributed by atoms with Crippen LogP contribution in [0.5, 0.6) is 11.6 Å². The number of halogens is 3. The molecule has 0 unspecified atom stereocenters. The number of carbonyl (C=O) groups is 1. The van der Waals surface area contributed by atoms with Crippen molar-refractivity contribution in [2.45, 2.75) is 13.1 Å². The monoisotopic (exact) mass is 311 g/mol. The number of aromatic nitrogens is 1. The summed E-state index contributed by atoms with van der Waals surface area (Å²) in [6.45, 7) is 1.70. The lowest BCUT2D eigenvalue weighted by Gasteiger charge is -2.10. The molecule has 0 atom stereocenters. The molecule has 0 saturated heterocycles. The van der Waals surface area contributed by atoms with Crippen molar-refractivity contribution in [3.05, 3.63) is 53.2 Å². The molecule has 1 aromatic carbocycles. The Morgan fingerprint density at radius 3 is 2.41 bits per heavy atom. The van der Waals surface area contributed by atoms with E-state index in [0.717, 1.165) is 12.1 Å². The summed E-state index contributed by atoms with van der Waals surface area (Å²) in [5.74, 6) is -0.0656. The molecule has 0 bridgehead atoms. The van der Waals surface area contributed by atoms with E-state index in [1.807, 2.05) is 0 Å². The molecule has 0 aliphatic carbocycles. The highest BCUT2D eigenvalue weighted by molar-refractivity contribution is 5.89. The molecule has 0 radical (unpaired) electrons. The number of hydrogen-bond acceptors (Lipinski definition) is 4. The van der Waals surface area contributed by atoms with E-state index >= 15 is 0 Å². The van der Waals surface area contributed by atoms with Crippen LogP contribution in [0.15, 0.2) is 36.5 Å². The summed E-state index contributed by atoms with van der Waals surface area (Å²) in [6.07, 6.45) is -3.74. The molecule has 1 aromatic heterocycles. The minimum absolute atomic E-state index is 0.0296. The third kappa shape index (κ3) is 3.55. The average molecular weight is 311 g/mol. The molecule has 116 valence electrons. The van der Waals surface area contributed by atoms with Gasteiger partial charge >= 0.3 is 12.1 Å². The van der Waals surface area contributed by atoms with E-state index in [4.69, 9.17) is 4.74 Å². The number of pyridine rings is 1. The second-order valence-corrected chi connectivity index (χ2v) is 4.46. The van der Waals surface area contributed by atoms with Crippen LogP contribution in [0.2, 0.25) is 0 Å². The first-order valence-electron chi connectivity index (χ1n) is 6.21. The van der Waals surface area contributed by atoms with Gasteiger partial charge in [-0.05, 0) is 36.8 Å². The fraction of sp³-hybridized carbons (Fsp3) is 0.200. The predicted octanol–water partition coefficient (Wildman–Crippen LogP) is 3.99. The molecule has 2 aromatic rings. The molecule has 1 heterocycles. The lowest BCUT2D eigenvalue weighted by atomic mass is 10.1. The zero-order chi connectivity index (χ0) is 16.3. The number of methoxy groups -OCH3 is 1. The van der Waals surface area contributed by atoms with Gasteiger partial charge in [0.1, 0.15) is 5.75 Å². The molecular formula is C15H12F3NO3. The van der Waals surface area contributed by atoms with Crippen molar-refractivity contribution in [2.75, 3.05) is 7.11 Å². The van der Waals surface area contributed by atoms with Crippen LogP contribution >= 0.6 is 0 Å². The van der Waals surface area contributed by atoms with Gasteiger partial charge in [0.25, 0.3) is 0 Å². The maximum Gasteiger partial charge on any atom is 0.417 e. The summed E-state index contributed by atoms with van der Waals surface area (Å²) in [5.41, 5.74) is 0.134. The molecule has 0 amide bonds. The van der Waals surface area contributed by atoms with Gasteiger partial charge in [-0.15, -0.1) is 0 Å². The summed E-state index contributed by atoms with van der Waals surface area (Å²) in [4.78, 5) is 15.0. The van der Waals surface area contributed by atoms with Crippen LogP contribution in [-0.2, 0) is 10.9 Å². The van der Waals surface area contributed by atoms with Gasteiger partial charge in [0, 0.05) is 12.3 Å². The second-order valence-electron chi connectivity index (χ2n) is 4.46. The highest BCUT2D eigenvalue weighted by Crippen LogP contribution is 2.30. The molecule has 0 aliphatic heterocycles. The van der Waals surface area contributed by atoms with Gasteiger partial charge in [-0.25, -0.2) is 9.78 Å². The molecule has 0 spiro atoms. The van der Waals surface area contributed by atoms with Gasteiger partial charge in [0.15, 0.2) is 0 Å². The van der Waals surface area contributed by atoms with Gasteiger partial charge in [-0.1, -0.05) is 0 Å². The number of rotatable bonds is 3. The topological polar surface area (TPSA) is 48.4 Å². The third-order valence-corrected chi connectivity index (χ3v) is 2.87. The lowest BCUT2D eigenvalue weighted by molar-refractivity contribution is -0.137. The number of alkyl halides is 3. The summed E-state index contributed by atoms with van der Waals surface area (Å²) in [6, 6.07) is 6.61. The molecule has 0 N–H and O–H groups in total. The molecule has 4 nitrogen and oxygen atoms in total. The number of benzene rings is 1. The third-order valence-electron chi connectivity index (χ3n) is 2.87. The zero-order valence-corrected chi connectivity index (χ0v) is 11.8. The number of hydrogen-bond donors (Lipinski definition) is 0. The Hall–Kier alpha value is -2.57.